The zero-order valence-electron chi connectivity index (χ0n) is 9.23. The van der Waals surface area contributed by atoms with Gasteiger partial charge >= 0.3 is 0 Å². The second-order valence-electron chi connectivity index (χ2n) is 3.51. The summed E-state index contributed by atoms with van der Waals surface area (Å²) >= 11 is 5.97. The Bertz CT molecular complexity index is 501. The molecule has 0 radical (unpaired) electrons. The Labute approximate surface area is 105 Å². The van der Waals surface area contributed by atoms with Gasteiger partial charge in [-0.15, -0.1) is 0 Å². The van der Waals surface area contributed by atoms with Crippen molar-refractivity contribution < 1.29 is 0 Å². The molecule has 0 aliphatic rings. The summed E-state index contributed by atoms with van der Waals surface area (Å²) in [7, 11) is 0. The summed E-state index contributed by atoms with van der Waals surface area (Å²) in [5.74, 6) is 0. The third-order valence-electron chi connectivity index (χ3n) is 2.27. The first kappa shape index (κ1) is 11.8. The summed E-state index contributed by atoms with van der Waals surface area (Å²) in [5.41, 5.74) is 8.11. The number of nitrogens with zero attached hydrogens (tertiary/aromatic N) is 2. The molecule has 1 aromatic heterocycles. The zero-order chi connectivity index (χ0) is 12.1. The van der Waals surface area contributed by atoms with Gasteiger partial charge in [0.25, 0.3) is 0 Å². The van der Waals surface area contributed by atoms with Gasteiger partial charge < -0.3 is 11.1 Å². The minimum Gasteiger partial charge on any atom is -0.381 e. The molecule has 1 aromatic carbocycles. The maximum absolute atomic E-state index is 5.97. The topological polar surface area (TPSA) is 63.8 Å². The fourth-order valence-electron chi connectivity index (χ4n) is 1.53. The number of benzene rings is 1. The van der Waals surface area contributed by atoms with Crippen LogP contribution in [-0.4, -0.2) is 23.1 Å². The molecular formula is C12H13ClN4. The lowest BCUT2D eigenvalue weighted by Crippen LogP contribution is -2.14. The molecule has 2 aromatic rings. The van der Waals surface area contributed by atoms with E-state index in [9.17, 15) is 0 Å². The van der Waals surface area contributed by atoms with Crippen molar-refractivity contribution in [2.24, 2.45) is 5.73 Å². The van der Waals surface area contributed by atoms with E-state index in [1.54, 1.807) is 6.20 Å². The third kappa shape index (κ3) is 2.93. The summed E-state index contributed by atoms with van der Waals surface area (Å²) < 4.78 is 0. The highest BCUT2D eigenvalue weighted by Gasteiger charge is 2.06. The fourth-order valence-corrected chi connectivity index (χ4v) is 1.72. The molecule has 0 unspecified atom stereocenters. The lowest BCUT2D eigenvalue weighted by molar-refractivity contribution is 1.02. The van der Waals surface area contributed by atoms with Gasteiger partial charge in [0.05, 0.1) is 17.6 Å². The number of hydrogen-bond donors (Lipinski definition) is 2. The van der Waals surface area contributed by atoms with Crippen LogP contribution in [-0.2, 0) is 0 Å². The van der Waals surface area contributed by atoms with E-state index >= 15 is 0 Å². The van der Waals surface area contributed by atoms with E-state index in [2.05, 4.69) is 15.3 Å². The smallest absolute Gasteiger partial charge is 0.116 e. The van der Waals surface area contributed by atoms with Gasteiger partial charge in [0.2, 0.25) is 0 Å². The van der Waals surface area contributed by atoms with Crippen LogP contribution in [0.1, 0.15) is 0 Å². The molecule has 88 valence electrons. The first-order valence-corrected chi connectivity index (χ1v) is 5.69. The van der Waals surface area contributed by atoms with E-state index in [1.165, 1.54) is 6.33 Å². The van der Waals surface area contributed by atoms with Crippen molar-refractivity contribution in [1.82, 2.24) is 9.97 Å². The molecule has 3 N–H and O–H groups in total. The lowest BCUT2D eigenvalue weighted by atomic mass is 10.1. The van der Waals surface area contributed by atoms with Crippen LogP contribution < -0.4 is 11.1 Å². The maximum atomic E-state index is 5.97. The second kappa shape index (κ2) is 5.61. The highest BCUT2D eigenvalue weighted by Crippen LogP contribution is 2.26. The fraction of sp³-hybridized carbons (Fsp3) is 0.167. The highest BCUT2D eigenvalue weighted by molar-refractivity contribution is 6.30. The molecule has 4 nitrogen and oxygen atoms in total. The van der Waals surface area contributed by atoms with Crippen molar-refractivity contribution in [3.05, 3.63) is 41.8 Å². The van der Waals surface area contributed by atoms with Crippen molar-refractivity contribution in [2.45, 2.75) is 0 Å². The van der Waals surface area contributed by atoms with E-state index in [0.29, 0.717) is 18.1 Å². The van der Waals surface area contributed by atoms with Gasteiger partial charge in [-0.3, -0.25) is 0 Å². The first-order chi connectivity index (χ1) is 8.31. The molecule has 5 heteroatoms. The summed E-state index contributed by atoms with van der Waals surface area (Å²) in [4.78, 5) is 8.27. The van der Waals surface area contributed by atoms with E-state index in [1.807, 2.05) is 24.3 Å². The molecule has 0 aliphatic heterocycles. The normalized spacial score (nSPS) is 10.2. The van der Waals surface area contributed by atoms with E-state index in [4.69, 9.17) is 17.3 Å². The molecule has 17 heavy (non-hydrogen) atoms. The van der Waals surface area contributed by atoms with Crippen molar-refractivity contribution in [3.63, 3.8) is 0 Å². The third-order valence-corrected chi connectivity index (χ3v) is 2.51. The van der Waals surface area contributed by atoms with Gasteiger partial charge in [-0.25, -0.2) is 9.97 Å². The largest absolute Gasteiger partial charge is 0.381 e. The predicted octanol–water partition coefficient (Wildman–Crippen LogP) is 2.17. The molecule has 0 aliphatic carbocycles. The molecule has 2 rings (SSSR count). The Morgan fingerprint density at radius 1 is 1.35 bits per heavy atom. The Morgan fingerprint density at radius 2 is 2.24 bits per heavy atom. The molecular weight excluding hydrogens is 236 g/mol. The van der Waals surface area contributed by atoms with Crippen LogP contribution in [0.3, 0.4) is 0 Å². The number of rotatable bonds is 4. The van der Waals surface area contributed by atoms with Crippen LogP contribution in [0.2, 0.25) is 5.02 Å². The SMILES string of the molecule is NCCNc1cncnc1-c1cccc(Cl)c1. The molecule has 0 atom stereocenters. The van der Waals surface area contributed by atoms with Crippen molar-refractivity contribution in [1.29, 1.82) is 0 Å². The summed E-state index contributed by atoms with van der Waals surface area (Å²) in [6, 6.07) is 7.56. The number of hydrogen-bond acceptors (Lipinski definition) is 4. The van der Waals surface area contributed by atoms with Crippen molar-refractivity contribution >= 4 is 17.3 Å². The average molecular weight is 249 g/mol. The zero-order valence-corrected chi connectivity index (χ0v) is 9.98. The van der Waals surface area contributed by atoms with Gasteiger partial charge in [-0.05, 0) is 12.1 Å². The van der Waals surface area contributed by atoms with Gasteiger partial charge in [0.15, 0.2) is 0 Å². The van der Waals surface area contributed by atoms with Crippen LogP contribution in [0, 0.1) is 0 Å². The number of halogens is 1. The van der Waals surface area contributed by atoms with E-state index in [0.717, 1.165) is 16.9 Å². The summed E-state index contributed by atoms with van der Waals surface area (Å²) in [6.07, 6.45) is 3.25. The number of aromatic nitrogens is 2. The molecule has 0 saturated carbocycles. The molecule has 0 amide bonds. The second-order valence-corrected chi connectivity index (χ2v) is 3.95. The standard InChI is InChI=1S/C12H13ClN4/c13-10-3-1-2-9(6-10)12-11(16-5-4-14)7-15-8-17-12/h1-3,6-8,16H,4-5,14H2. The number of nitrogens with one attached hydrogen (secondary N) is 1. The Hall–Kier alpha value is -1.65. The van der Waals surface area contributed by atoms with Gasteiger partial charge in [0, 0.05) is 23.7 Å². The van der Waals surface area contributed by atoms with Crippen LogP contribution in [0.25, 0.3) is 11.3 Å². The minimum atomic E-state index is 0.559. The monoisotopic (exact) mass is 248 g/mol. The molecule has 0 spiro atoms. The van der Waals surface area contributed by atoms with Crippen molar-refractivity contribution in [3.8, 4) is 11.3 Å². The Morgan fingerprint density at radius 3 is 3.00 bits per heavy atom. The molecule has 0 saturated heterocycles. The average Bonchev–Trinajstić information content (AvgIpc) is 2.37. The van der Waals surface area contributed by atoms with Gasteiger partial charge in [0.1, 0.15) is 6.33 Å². The van der Waals surface area contributed by atoms with E-state index in [-0.39, 0.29) is 0 Å². The molecule has 0 bridgehead atoms. The van der Waals surface area contributed by atoms with Crippen LogP contribution in [0.5, 0.6) is 0 Å². The first-order valence-electron chi connectivity index (χ1n) is 5.31. The van der Waals surface area contributed by atoms with Crippen LogP contribution >= 0.6 is 11.6 Å². The molecule has 0 fully saturated rings. The Kier molecular flexibility index (Phi) is 3.90. The summed E-state index contributed by atoms with van der Waals surface area (Å²) in [5, 5.41) is 3.87. The van der Waals surface area contributed by atoms with Gasteiger partial charge in [-0.2, -0.15) is 0 Å². The number of anilines is 1. The molecule has 1 heterocycles. The predicted molar refractivity (Wildman–Crippen MR) is 70.0 cm³/mol. The summed E-state index contributed by atoms with van der Waals surface area (Å²) in [6.45, 7) is 1.24. The highest BCUT2D eigenvalue weighted by atomic mass is 35.5. The maximum Gasteiger partial charge on any atom is 0.116 e. The van der Waals surface area contributed by atoms with Crippen molar-refractivity contribution in [2.75, 3.05) is 18.4 Å². The van der Waals surface area contributed by atoms with Crippen LogP contribution in [0.4, 0.5) is 5.69 Å². The lowest BCUT2D eigenvalue weighted by Gasteiger charge is -2.09. The van der Waals surface area contributed by atoms with E-state index < -0.39 is 0 Å². The van der Waals surface area contributed by atoms with Gasteiger partial charge in [-0.1, -0.05) is 23.7 Å². The quantitative estimate of drug-likeness (QED) is 0.871. The van der Waals surface area contributed by atoms with Crippen LogP contribution in [0.15, 0.2) is 36.8 Å². The Balaban J connectivity index is 2.37. The number of nitrogens with two attached hydrogens (primary N) is 1. The minimum absolute atomic E-state index is 0.559.